The minimum absolute atomic E-state index is 0.0466. The number of hydrogen-bond acceptors (Lipinski definition) is 4. The topological polar surface area (TPSA) is 53.7 Å². The van der Waals surface area contributed by atoms with Gasteiger partial charge in [-0.2, -0.15) is 0 Å². The Bertz CT molecular complexity index is 454. The molecule has 1 aliphatic rings. The molecular weight excluding hydrogens is 218 g/mol. The van der Waals surface area contributed by atoms with Crippen molar-refractivity contribution in [3.63, 3.8) is 0 Å². The zero-order valence-corrected chi connectivity index (χ0v) is 10.3. The number of rotatable bonds is 3. The fraction of sp³-hybridized carbons (Fsp3) is 0.385. The van der Waals surface area contributed by atoms with Crippen LogP contribution in [0.25, 0.3) is 6.08 Å². The van der Waals surface area contributed by atoms with Crippen LogP contribution >= 0.6 is 0 Å². The van der Waals surface area contributed by atoms with Crippen molar-refractivity contribution in [2.45, 2.75) is 12.5 Å². The van der Waals surface area contributed by atoms with Crippen molar-refractivity contribution in [2.24, 2.45) is 5.73 Å². The van der Waals surface area contributed by atoms with Crippen molar-refractivity contribution in [2.75, 3.05) is 21.3 Å². The zero-order chi connectivity index (χ0) is 12.4. The lowest BCUT2D eigenvalue weighted by atomic mass is 9.93. The third-order valence-corrected chi connectivity index (χ3v) is 2.92. The molecule has 2 rings (SSSR count). The molecule has 0 bridgehead atoms. The monoisotopic (exact) mass is 235 g/mol. The number of ether oxygens (including phenoxy) is 3. The molecule has 0 amide bonds. The van der Waals surface area contributed by atoms with Crippen LogP contribution < -0.4 is 19.9 Å². The second-order valence-electron chi connectivity index (χ2n) is 3.95. The lowest BCUT2D eigenvalue weighted by Gasteiger charge is -2.21. The van der Waals surface area contributed by atoms with Crippen molar-refractivity contribution >= 4 is 6.08 Å². The summed E-state index contributed by atoms with van der Waals surface area (Å²) in [5.74, 6) is 1.99. The van der Waals surface area contributed by atoms with Crippen molar-refractivity contribution in [1.82, 2.24) is 0 Å². The van der Waals surface area contributed by atoms with Gasteiger partial charge in [-0.3, -0.25) is 0 Å². The van der Waals surface area contributed by atoms with E-state index in [9.17, 15) is 0 Å². The smallest absolute Gasteiger partial charge is 0.203 e. The third kappa shape index (κ3) is 1.96. The average Bonchev–Trinajstić information content (AvgIpc) is 2.35. The highest BCUT2D eigenvalue weighted by Crippen LogP contribution is 2.43. The molecule has 0 radical (unpaired) electrons. The summed E-state index contributed by atoms with van der Waals surface area (Å²) in [6, 6.07) is 2.00. The molecule has 92 valence electrons. The number of nitrogens with two attached hydrogens (primary N) is 1. The van der Waals surface area contributed by atoms with E-state index in [2.05, 4.69) is 0 Å². The van der Waals surface area contributed by atoms with Crippen LogP contribution in [0.5, 0.6) is 17.2 Å². The molecule has 1 atom stereocenters. The molecule has 0 heterocycles. The molecule has 17 heavy (non-hydrogen) atoms. The number of fused-ring (bicyclic) bond motifs is 1. The number of benzene rings is 1. The van der Waals surface area contributed by atoms with Gasteiger partial charge >= 0.3 is 0 Å². The van der Waals surface area contributed by atoms with Gasteiger partial charge in [0.25, 0.3) is 0 Å². The van der Waals surface area contributed by atoms with E-state index in [0.717, 1.165) is 17.5 Å². The van der Waals surface area contributed by atoms with Gasteiger partial charge in [-0.15, -0.1) is 0 Å². The molecule has 0 aliphatic heterocycles. The van der Waals surface area contributed by atoms with Crippen LogP contribution in [0, 0.1) is 0 Å². The van der Waals surface area contributed by atoms with Crippen LogP contribution in [-0.2, 0) is 6.42 Å². The summed E-state index contributed by atoms with van der Waals surface area (Å²) in [5.41, 5.74) is 8.04. The zero-order valence-electron chi connectivity index (χ0n) is 10.3. The van der Waals surface area contributed by atoms with E-state index >= 15 is 0 Å². The molecule has 2 N–H and O–H groups in total. The summed E-state index contributed by atoms with van der Waals surface area (Å²) in [7, 11) is 4.84. The number of methoxy groups -OCH3 is 3. The first-order valence-electron chi connectivity index (χ1n) is 5.46. The quantitative estimate of drug-likeness (QED) is 0.864. The van der Waals surface area contributed by atoms with Gasteiger partial charge in [-0.25, -0.2) is 0 Å². The fourth-order valence-corrected chi connectivity index (χ4v) is 2.12. The van der Waals surface area contributed by atoms with Crippen molar-refractivity contribution in [3.05, 3.63) is 23.3 Å². The molecular formula is C13H17NO3. The van der Waals surface area contributed by atoms with Gasteiger partial charge in [-0.05, 0) is 18.1 Å². The fourth-order valence-electron chi connectivity index (χ4n) is 2.12. The lowest BCUT2D eigenvalue weighted by Crippen LogP contribution is -2.22. The van der Waals surface area contributed by atoms with E-state index in [4.69, 9.17) is 19.9 Å². The van der Waals surface area contributed by atoms with E-state index in [-0.39, 0.29) is 6.04 Å². The van der Waals surface area contributed by atoms with Crippen molar-refractivity contribution in [3.8, 4) is 17.2 Å². The summed E-state index contributed by atoms with van der Waals surface area (Å²) < 4.78 is 16.1. The van der Waals surface area contributed by atoms with Gasteiger partial charge in [-0.1, -0.05) is 12.2 Å². The predicted molar refractivity (Wildman–Crippen MR) is 66.8 cm³/mol. The number of hydrogen-bond donors (Lipinski definition) is 1. The first-order valence-corrected chi connectivity index (χ1v) is 5.46. The van der Waals surface area contributed by atoms with Gasteiger partial charge in [0.2, 0.25) is 5.75 Å². The Hall–Kier alpha value is -1.68. The molecule has 1 aromatic rings. The predicted octanol–water partition coefficient (Wildman–Crippen LogP) is 1.61. The Balaban J connectivity index is 2.63. The highest BCUT2D eigenvalue weighted by atomic mass is 16.5. The van der Waals surface area contributed by atoms with Gasteiger partial charge < -0.3 is 19.9 Å². The Morgan fingerprint density at radius 3 is 2.41 bits per heavy atom. The van der Waals surface area contributed by atoms with Crippen LogP contribution in [0.1, 0.15) is 11.1 Å². The largest absolute Gasteiger partial charge is 0.493 e. The van der Waals surface area contributed by atoms with Crippen molar-refractivity contribution < 1.29 is 14.2 Å². The molecule has 0 saturated carbocycles. The van der Waals surface area contributed by atoms with Gasteiger partial charge in [0.1, 0.15) is 0 Å². The first-order chi connectivity index (χ1) is 8.21. The van der Waals surface area contributed by atoms with E-state index in [1.165, 1.54) is 0 Å². The summed E-state index contributed by atoms with van der Waals surface area (Å²) in [4.78, 5) is 0. The SMILES string of the molecule is COc1cc2c(c(OC)c1OC)C=CC(N)C2. The Morgan fingerprint density at radius 2 is 1.82 bits per heavy atom. The maximum atomic E-state index is 5.90. The van der Waals surface area contributed by atoms with E-state index in [1.54, 1.807) is 21.3 Å². The Kier molecular flexibility index (Phi) is 3.24. The molecule has 0 aromatic heterocycles. The summed E-state index contributed by atoms with van der Waals surface area (Å²) in [6.07, 6.45) is 4.73. The highest BCUT2D eigenvalue weighted by molar-refractivity contribution is 5.71. The standard InChI is InChI=1S/C13H17NO3/c1-15-11-7-8-6-9(14)4-5-10(8)12(16-2)13(11)17-3/h4-5,7,9H,6,14H2,1-3H3. The second-order valence-corrected chi connectivity index (χ2v) is 3.95. The van der Waals surface area contributed by atoms with Crippen LogP contribution in [0.3, 0.4) is 0 Å². The maximum Gasteiger partial charge on any atom is 0.203 e. The lowest BCUT2D eigenvalue weighted by molar-refractivity contribution is 0.323. The van der Waals surface area contributed by atoms with Gasteiger partial charge in [0.05, 0.1) is 21.3 Å². The summed E-state index contributed by atoms with van der Waals surface area (Å²) in [6.45, 7) is 0. The Morgan fingerprint density at radius 1 is 1.12 bits per heavy atom. The summed E-state index contributed by atoms with van der Waals surface area (Å²) >= 11 is 0. The molecule has 4 nitrogen and oxygen atoms in total. The normalized spacial score (nSPS) is 17.5. The maximum absolute atomic E-state index is 5.90. The van der Waals surface area contributed by atoms with E-state index in [0.29, 0.717) is 17.2 Å². The minimum atomic E-state index is 0.0466. The second kappa shape index (κ2) is 4.67. The molecule has 1 aromatic carbocycles. The third-order valence-electron chi connectivity index (χ3n) is 2.92. The van der Waals surface area contributed by atoms with E-state index < -0.39 is 0 Å². The molecule has 4 heteroatoms. The van der Waals surface area contributed by atoms with Crippen LogP contribution in [0.4, 0.5) is 0 Å². The first kappa shape index (κ1) is 11.8. The van der Waals surface area contributed by atoms with Crippen molar-refractivity contribution in [1.29, 1.82) is 0 Å². The molecule has 1 aliphatic carbocycles. The molecule has 0 spiro atoms. The Labute approximate surface area is 101 Å². The molecule has 1 unspecified atom stereocenters. The molecule has 0 fully saturated rings. The van der Waals surface area contributed by atoms with Gasteiger partial charge in [0, 0.05) is 11.6 Å². The van der Waals surface area contributed by atoms with Crippen LogP contribution in [0.15, 0.2) is 12.1 Å². The highest BCUT2D eigenvalue weighted by Gasteiger charge is 2.21. The van der Waals surface area contributed by atoms with Gasteiger partial charge in [0.15, 0.2) is 11.5 Å². The molecule has 0 saturated heterocycles. The minimum Gasteiger partial charge on any atom is -0.493 e. The summed E-state index contributed by atoms with van der Waals surface area (Å²) in [5, 5.41) is 0. The average molecular weight is 235 g/mol. The van der Waals surface area contributed by atoms with Crippen LogP contribution in [0.2, 0.25) is 0 Å². The van der Waals surface area contributed by atoms with Crippen LogP contribution in [-0.4, -0.2) is 27.4 Å². The van der Waals surface area contributed by atoms with E-state index in [1.807, 2.05) is 18.2 Å².